The summed E-state index contributed by atoms with van der Waals surface area (Å²) in [6.07, 6.45) is 3.65. The number of benzene rings is 1. The van der Waals surface area contributed by atoms with Crippen LogP contribution in [0.25, 0.3) is 0 Å². The van der Waals surface area contributed by atoms with Crippen LogP contribution in [0.5, 0.6) is 0 Å². The van der Waals surface area contributed by atoms with Gasteiger partial charge in [-0.2, -0.15) is 0 Å². The van der Waals surface area contributed by atoms with E-state index in [9.17, 15) is 18.0 Å². The first kappa shape index (κ1) is 17.9. The molecule has 7 nitrogen and oxygen atoms in total. The minimum Gasteiger partial charge on any atom is -0.481 e. The molecule has 2 saturated carbocycles. The largest absolute Gasteiger partial charge is 0.481 e. The summed E-state index contributed by atoms with van der Waals surface area (Å²) in [6.45, 7) is 0.428. The van der Waals surface area contributed by atoms with Crippen molar-refractivity contribution in [3.63, 3.8) is 0 Å². The van der Waals surface area contributed by atoms with Gasteiger partial charge in [-0.05, 0) is 56.2 Å². The Morgan fingerprint density at radius 3 is 2.56 bits per heavy atom. The van der Waals surface area contributed by atoms with Crippen molar-refractivity contribution in [2.24, 2.45) is 11.8 Å². The van der Waals surface area contributed by atoms with Crippen molar-refractivity contribution in [1.29, 1.82) is 0 Å². The standard InChI is InChI=1S/C17H22N2O5S/c20-16(19-14-7-6-13(8-14)17(21)22)12-2-1-3-15(9-12)25(23,24)18-10-11-4-5-11/h1-3,9,11,13-14,18H,4-8,10H2,(H,19,20)(H,21,22)/t13-,14+/m0/s1. The molecule has 1 amide bonds. The number of carboxylic acids is 1. The molecule has 2 atom stereocenters. The summed E-state index contributed by atoms with van der Waals surface area (Å²) in [7, 11) is -3.63. The summed E-state index contributed by atoms with van der Waals surface area (Å²) in [4.78, 5) is 23.4. The fourth-order valence-corrected chi connectivity index (χ4v) is 4.20. The third-order valence-electron chi connectivity index (χ3n) is 4.78. The number of nitrogens with one attached hydrogen (secondary N) is 2. The summed E-state index contributed by atoms with van der Waals surface area (Å²) in [5.74, 6) is -1.23. The number of sulfonamides is 1. The zero-order valence-corrected chi connectivity index (χ0v) is 14.6. The molecule has 0 heterocycles. The van der Waals surface area contributed by atoms with Gasteiger partial charge in [0.05, 0.1) is 10.8 Å². The van der Waals surface area contributed by atoms with Crippen LogP contribution in [0.1, 0.15) is 42.5 Å². The normalized spacial score (nSPS) is 23.4. The van der Waals surface area contributed by atoms with Crippen molar-refractivity contribution in [2.45, 2.75) is 43.0 Å². The fraction of sp³-hybridized carbons (Fsp3) is 0.529. The molecule has 0 aromatic heterocycles. The highest BCUT2D eigenvalue weighted by molar-refractivity contribution is 7.89. The van der Waals surface area contributed by atoms with Gasteiger partial charge in [-0.15, -0.1) is 0 Å². The van der Waals surface area contributed by atoms with Crippen molar-refractivity contribution in [2.75, 3.05) is 6.54 Å². The first-order valence-electron chi connectivity index (χ1n) is 8.48. The van der Waals surface area contributed by atoms with Gasteiger partial charge < -0.3 is 10.4 Å². The Hall–Kier alpha value is -1.93. The van der Waals surface area contributed by atoms with Gasteiger partial charge in [-0.3, -0.25) is 9.59 Å². The summed E-state index contributed by atoms with van der Waals surface area (Å²) < 4.78 is 27.2. The molecule has 1 aromatic carbocycles. The van der Waals surface area contributed by atoms with Crippen molar-refractivity contribution < 1.29 is 23.1 Å². The molecule has 0 bridgehead atoms. The van der Waals surface area contributed by atoms with Crippen molar-refractivity contribution >= 4 is 21.9 Å². The average molecular weight is 366 g/mol. The molecule has 25 heavy (non-hydrogen) atoms. The highest BCUT2D eigenvalue weighted by Gasteiger charge is 2.31. The van der Waals surface area contributed by atoms with Gasteiger partial charge in [0.25, 0.3) is 5.91 Å². The van der Waals surface area contributed by atoms with Gasteiger partial charge in [0.2, 0.25) is 10.0 Å². The molecule has 2 fully saturated rings. The van der Waals surface area contributed by atoms with Crippen molar-refractivity contribution in [3.05, 3.63) is 29.8 Å². The lowest BCUT2D eigenvalue weighted by Crippen LogP contribution is -2.33. The van der Waals surface area contributed by atoms with Gasteiger partial charge in [-0.1, -0.05) is 6.07 Å². The molecule has 136 valence electrons. The summed E-state index contributed by atoms with van der Waals surface area (Å²) in [5, 5.41) is 11.8. The van der Waals surface area contributed by atoms with E-state index in [0.717, 1.165) is 12.8 Å². The van der Waals surface area contributed by atoms with Crippen LogP contribution >= 0.6 is 0 Å². The predicted molar refractivity (Wildman–Crippen MR) is 90.6 cm³/mol. The number of hydrogen-bond acceptors (Lipinski definition) is 4. The Kier molecular flexibility index (Phi) is 5.10. The van der Waals surface area contributed by atoms with E-state index in [2.05, 4.69) is 10.0 Å². The molecule has 0 aliphatic heterocycles. The molecule has 1 aromatic rings. The predicted octanol–water partition coefficient (Wildman–Crippen LogP) is 1.36. The van der Waals surface area contributed by atoms with E-state index in [4.69, 9.17) is 5.11 Å². The highest BCUT2D eigenvalue weighted by Crippen LogP contribution is 2.28. The second-order valence-electron chi connectivity index (χ2n) is 6.84. The zero-order chi connectivity index (χ0) is 18.0. The van der Waals surface area contributed by atoms with Crippen LogP contribution in [0.15, 0.2) is 29.2 Å². The van der Waals surface area contributed by atoms with E-state index in [-0.39, 0.29) is 22.4 Å². The number of aliphatic carboxylic acids is 1. The van der Waals surface area contributed by atoms with Crippen LogP contribution in [0.2, 0.25) is 0 Å². The molecule has 3 N–H and O–H groups in total. The van der Waals surface area contributed by atoms with E-state index >= 15 is 0 Å². The van der Waals surface area contributed by atoms with Crippen LogP contribution in [0, 0.1) is 11.8 Å². The lowest BCUT2D eigenvalue weighted by molar-refractivity contribution is -0.141. The monoisotopic (exact) mass is 366 g/mol. The van der Waals surface area contributed by atoms with Gasteiger partial charge in [0.1, 0.15) is 0 Å². The second-order valence-corrected chi connectivity index (χ2v) is 8.61. The SMILES string of the molecule is O=C(N[C@@H]1CC[C@H](C(=O)O)C1)c1cccc(S(=O)(=O)NCC2CC2)c1. The first-order chi connectivity index (χ1) is 11.8. The lowest BCUT2D eigenvalue weighted by atomic mass is 10.1. The molecule has 0 spiro atoms. The quantitative estimate of drug-likeness (QED) is 0.674. The van der Waals surface area contributed by atoms with Crippen LogP contribution in [-0.2, 0) is 14.8 Å². The minimum absolute atomic E-state index is 0.0654. The van der Waals surface area contributed by atoms with Gasteiger partial charge in [0, 0.05) is 18.2 Å². The Balaban J connectivity index is 1.64. The third-order valence-corrected chi connectivity index (χ3v) is 6.20. The summed E-state index contributed by atoms with van der Waals surface area (Å²) in [6, 6.07) is 5.71. The molecular weight excluding hydrogens is 344 g/mol. The molecule has 8 heteroatoms. The van der Waals surface area contributed by atoms with Gasteiger partial charge in [-0.25, -0.2) is 13.1 Å². The van der Waals surface area contributed by atoms with E-state index in [1.54, 1.807) is 6.07 Å². The smallest absolute Gasteiger partial charge is 0.306 e. The Bertz CT molecular complexity index is 773. The van der Waals surface area contributed by atoms with E-state index < -0.39 is 21.9 Å². The topological polar surface area (TPSA) is 113 Å². The summed E-state index contributed by atoms with van der Waals surface area (Å²) in [5.41, 5.74) is 0.257. The van der Waals surface area contributed by atoms with E-state index in [1.165, 1.54) is 18.2 Å². The van der Waals surface area contributed by atoms with Crippen LogP contribution in [0.4, 0.5) is 0 Å². The number of carbonyl (C=O) groups excluding carboxylic acids is 1. The maximum Gasteiger partial charge on any atom is 0.306 e. The number of rotatable bonds is 7. The number of amides is 1. The first-order valence-corrected chi connectivity index (χ1v) is 9.97. The molecule has 0 saturated heterocycles. The Morgan fingerprint density at radius 2 is 1.92 bits per heavy atom. The molecule has 0 unspecified atom stereocenters. The van der Waals surface area contributed by atoms with E-state index in [1.807, 2.05) is 0 Å². The molecule has 3 rings (SSSR count). The lowest BCUT2D eigenvalue weighted by Gasteiger charge is -2.13. The van der Waals surface area contributed by atoms with Crippen molar-refractivity contribution in [1.82, 2.24) is 10.0 Å². The minimum atomic E-state index is -3.63. The van der Waals surface area contributed by atoms with Crippen LogP contribution < -0.4 is 10.0 Å². The fourth-order valence-electron chi connectivity index (χ4n) is 3.04. The maximum atomic E-state index is 12.4. The Labute approximate surface area is 146 Å². The van der Waals surface area contributed by atoms with Gasteiger partial charge >= 0.3 is 5.97 Å². The zero-order valence-electron chi connectivity index (χ0n) is 13.8. The molecular formula is C17H22N2O5S. The molecule has 2 aliphatic carbocycles. The number of carbonyl (C=O) groups is 2. The molecule has 2 aliphatic rings. The average Bonchev–Trinajstić information content (AvgIpc) is 3.30. The summed E-state index contributed by atoms with van der Waals surface area (Å²) >= 11 is 0. The third kappa shape index (κ3) is 4.58. The van der Waals surface area contributed by atoms with Crippen molar-refractivity contribution in [3.8, 4) is 0 Å². The van der Waals surface area contributed by atoms with E-state index in [0.29, 0.717) is 31.7 Å². The maximum absolute atomic E-state index is 12.4. The highest BCUT2D eigenvalue weighted by atomic mass is 32.2. The Morgan fingerprint density at radius 1 is 1.16 bits per heavy atom. The molecule has 0 radical (unpaired) electrons. The second kappa shape index (κ2) is 7.13. The van der Waals surface area contributed by atoms with Gasteiger partial charge in [0.15, 0.2) is 0 Å². The number of carboxylic acid groups (broad SMARTS) is 1. The van der Waals surface area contributed by atoms with Crippen LogP contribution in [0.3, 0.4) is 0 Å². The van der Waals surface area contributed by atoms with Crippen LogP contribution in [-0.4, -0.2) is 38.0 Å². The number of hydrogen-bond donors (Lipinski definition) is 3.